The first-order chi connectivity index (χ1) is 13.1. The number of aromatic amines is 1. The summed E-state index contributed by atoms with van der Waals surface area (Å²) in [7, 11) is 1.25. The zero-order valence-electron chi connectivity index (χ0n) is 15.3. The van der Waals surface area contributed by atoms with E-state index in [1.165, 1.54) is 24.1 Å². The van der Waals surface area contributed by atoms with Gasteiger partial charge in [-0.2, -0.15) is 0 Å². The molecule has 6 heteroatoms. The molecule has 1 aliphatic rings. The molecular weight excluding hydrogens is 344 g/mol. The van der Waals surface area contributed by atoms with Crippen LogP contribution in [0.1, 0.15) is 23.7 Å². The predicted octanol–water partition coefficient (Wildman–Crippen LogP) is 2.98. The van der Waals surface area contributed by atoms with Crippen LogP contribution in [0.2, 0.25) is 0 Å². The summed E-state index contributed by atoms with van der Waals surface area (Å²) in [6.07, 6.45) is 4.33. The molecule has 0 spiro atoms. The Morgan fingerprint density at radius 1 is 1.44 bits per heavy atom. The van der Waals surface area contributed by atoms with Crippen LogP contribution < -0.4 is 5.32 Å². The molecule has 0 radical (unpaired) electrons. The highest BCUT2D eigenvalue weighted by Crippen LogP contribution is 2.36. The summed E-state index contributed by atoms with van der Waals surface area (Å²) in [4.78, 5) is 27.2. The number of para-hydroxylation sites is 1. The molecule has 142 valence electrons. The van der Waals surface area contributed by atoms with E-state index in [4.69, 9.17) is 4.74 Å². The predicted molar refractivity (Wildman–Crippen MR) is 103 cm³/mol. The third-order valence-corrected chi connectivity index (χ3v) is 5.30. The fourth-order valence-electron chi connectivity index (χ4n) is 3.94. The Bertz CT molecular complexity index is 875. The van der Waals surface area contributed by atoms with Crippen molar-refractivity contribution in [3.05, 3.63) is 60.0 Å². The molecule has 3 atom stereocenters. The van der Waals surface area contributed by atoms with Crippen LogP contribution in [0.5, 0.6) is 0 Å². The molecule has 0 saturated heterocycles. The molecule has 2 aromatic rings. The van der Waals surface area contributed by atoms with Gasteiger partial charge in [-0.3, -0.25) is 0 Å². The van der Waals surface area contributed by atoms with Crippen LogP contribution in [0.15, 0.2) is 48.8 Å². The van der Waals surface area contributed by atoms with Crippen LogP contribution in [0.3, 0.4) is 0 Å². The van der Waals surface area contributed by atoms with Crippen LogP contribution in [0, 0.1) is 11.8 Å². The van der Waals surface area contributed by atoms with Crippen molar-refractivity contribution in [2.45, 2.75) is 18.9 Å². The molecule has 6 nitrogen and oxygen atoms in total. The fourth-order valence-corrected chi connectivity index (χ4v) is 3.94. The molecule has 3 N–H and O–H groups in total. The summed E-state index contributed by atoms with van der Waals surface area (Å²) >= 11 is 0. The number of carbonyl (C=O) groups excluding carboxylic acids is 2. The number of esters is 1. The van der Waals surface area contributed by atoms with Gasteiger partial charge in [-0.15, -0.1) is 6.58 Å². The van der Waals surface area contributed by atoms with Crippen molar-refractivity contribution >= 4 is 23.2 Å². The number of allylic oxidation sites excluding steroid dienone is 1. The maximum absolute atomic E-state index is 12.1. The van der Waals surface area contributed by atoms with Crippen LogP contribution in [-0.2, 0) is 20.7 Å². The van der Waals surface area contributed by atoms with Crippen molar-refractivity contribution < 1.29 is 19.4 Å². The lowest BCUT2D eigenvalue weighted by atomic mass is 9.80. The van der Waals surface area contributed by atoms with E-state index in [1.54, 1.807) is 0 Å². The van der Waals surface area contributed by atoms with Crippen molar-refractivity contribution in [1.82, 2.24) is 10.3 Å². The number of hydrogen-bond acceptors (Lipinski definition) is 5. The van der Waals surface area contributed by atoms with Gasteiger partial charge in [0.05, 0.1) is 18.9 Å². The highest BCUT2D eigenvalue weighted by atomic mass is 16.5. The number of aldehydes is 1. The lowest BCUT2D eigenvalue weighted by molar-refractivity contribution is -0.137. The number of aromatic nitrogens is 1. The molecule has 0 fully saturated rings. The van der Waals surface area contributed by atoms with Gasteiger partial charge in [0.15, 0.2) is 0 Å². The van der Waals surface area contributed by atoms with E-state index in [-0.39, 0.29) is 11.6 Å². The number of benzene rings is 1. The largest absolute Gasteiger partial charge is 0.515 e. The zero-order valence-corrected chi connectivity index (χ0v) is 15.3. The van der Waals surface area contributed by atoms with Gasteiger partial charge >= 0.3 is 5.97 Å². The van der Waals surface area contributed by atoms with Gasteiger partial charge in [0.1, 0.15) is 6.29 Å². The van der Waals surface area contributed by atoms with Crippen molar-refractivity contribution in [3.8, 4) is 0 Å². The number of rotatable bonds is 7. The Hall–Kier alpha value is -2.86. The highest BCUT2D eigenvalue weighted by Gasteiger charge is 2.33. The maximum atomic E-state index is 12.1. The molecular formula is C21H24N2O4. The minimum atomic E-state index is -0.649. The Balaban J connectivity index is 1.99. The molecule has 1 aliphatic heterocycles. The number of aliphatic hydroxyl groups is 1. The van der Waals surface area contributed by atoms with E-state index in [1.807, 2.05) is 18.2 Å². The topological polar surface area (TPSA) is 91.4 Å². The lowest BCUT2D eigenvalue weighted by Crippen LogP contribution is -2.34. The Morgan fingerprint density at radius 3 is 2.89 bits per heavy atom. The first-order valence-corrected chi connectivity index (χ1v) is 8.97. The SMILES string of the molecule is C=CC(C=O)C(CC1NCCc2c1[nH]c1ccccc21)/C(=C\O)C(=O)OC. The number of aliphatic hydroxyl groups excluding tert-OH is 1. The van der Waals surface area contributed by atoms with Crippen LogP contribution >= 0.6 is 0 Å². The fraction of sp³-hybridized carbons (Fsp3) is 0.333. The molecule has 1 aromatic heterocycles. The molecule has 0 saturated carbocycles. The average molecular weight is 368 g/mol. The summed E-state index contributed by atoms with van der Waals surface area (Å²) in [6, 6.07) is 8.04. The number of ether oxygens (including phenoxy) is 1. The summed E-state index contributed by atoms with van der Waals surface area (Å²) in [5.41, 5.74) is 3.44. The van der Waals surface area contributed by atoms with Gasteiger partial charge in [-0.1, -0.05) is 24.3 Å². The smallest absolute Gasteiger partial charge is 0.337 e. The minimum absolute atomic E-state index is 0.0690. The summed E-state index contributed by atoms with van der Waals surface area (Å²) in [5, 5.41) is 14.3. The Kier molecular flexibility index (Phi) is 5.76. The first-order valence-electron chi connectivity index (χ1n) is 8.97. The minimum Gasteiger partial charge on any atom is -0.515 e. The van der Waals surface area contributed by atoms with Gasteiger partial charge in [-0.05, 0) is 31.0 Å². The molecule has 2 heterocycles. The second kappa shape index (κ2) is 8.22. The second-order valence-electron chi connectivity index (χ2n) is 6.69. The molecule has 0 amide bonds. The van der Waals surface area contributed by atoms with E-state index in [9.17, 15) is 14.7 Å². The standard InChI is InChI=1S/C21H24N2O4/c1-3-13(11-24)16(17(12-25)21(26)27-2)10-19-20-15(8-9-22-19)14-6-4-5-7-18(14)23-20/h3-7,11-13,16,19,22-23,25H,1,8-10H2,2H3/b17-12+. The van der Waals surface area contributed by atoms with Gasteiger partial charge < -0.3 is 24.9 Å². The summed E-state index contributed by atoms with van der Waals surface area (Å²) < 4.78 is 4.78. The third kappa shape index (κ3) is 3.53. The van der Waals surface area contributed by atoms with Gasteiger partial charge in [0.25, 0.3) is 0 Å². The van der Waals surface area contributed by atoms with Crippen molar-refractivity contribution in [3.63, 3.8) is 0 Å². The number of nitrogens with one attached hydrogen (secondary N) is 2. The van der Waals surface area contributed by atoms with Crippen LogP contribution in [0.4, 0.5) is 0 Å². The average Bonchev–Trinajstić information content (AvgIpc) is 3.09. The number of methoxy groups -OCH3 is 1. The number of fused-ring (bicyclic) bond motifs is 3. The second-order valence-corrected chi connectivity index (χ2v) is 6.69. The number of carbonyl (C=O) groups is 2. The molecule has 1 aromatic carbocycles. The molecule has 0 bridgehead atoms. The van der Waals surface area contributed by atoms with Crippen molar-refractivity contribution in [1.29, 1.82) is 0 Å². The Labute approximate surface area is 157 Å². The van der Waals surface area contributed by atoms with E-state index >= 15 is 0 Å². The molecule has 3 unspecified atom stereocenters. The van der Waals surface area contributed by atoms with Crippen LogP contribution in [0.25, 0.3) is 10.9 Å². The highest BCUT2D eigenvalue weighted by molar-refractivity contribution is 5.89. The zero-order chi connectivity index (χ0) is 19.4. The van der Waals surface area contributed by atoms with Gasteiger partial charge in [-0.25, -0.2) is 4.79 Å². The Morgan fingerprint density at radius 2 is 2.22 bits per heavy atom. The summed E-state index contributed by atoms with van der Waals surface area (Å²) in [5.74, 6) is -1.81. The third-order valence-electron chi connectivity index (χ3n) is 5.30. The van der Waals surface area contributed by atoms with E-state index < -0.39 is 17.8 Å². The van der Waals surface area contributed by atoms with Crippen LogP contribution in [-0.4, -0.2) is 36.0 Å². The van der Waals surface area contributed by atoms with E-state index in [0.717, 1.165) is 36.7 Å². The normalized spacial score (nSPS) is 19.1. The quantitative estimate of drug-likeness (QED) is 0.230. The van der Waals surface area contributed by atoms with E-state index in [2.05, 4.69) is 22.9 Å². The monoisotopic (exact) mass is 368 g/mol. The summed E-state index contributed by atoms with van der Waals surface area (Å²) in [6.45, 7) is 4.50. The van der Waals surface area contributed by atoms with E-state index in [0.29, 0.717) is 6.42 Å². The van der Waals surface area contributed by atoms with Crippen molar-refractivity contribution in [2.24, 2.45) is 11.8 Å². The van der Waals surface area contributed by atoms with Gasteiger partial charge in [0.2, 0.25) is 0 Å². The van der Waals surface area contributed by atoms with Gasteiger partial charge in [0, 0.05) is 34.5 Å². The first kappa shape index (κ1) is 18.9. The molecule has 0 aliphatic carbocycles. The number of hydrogen-bond donors (Lipinski definition) is 3. The molecule has 3 rings (SSSR count). The lowest BCUT2D eigenvalue weighted by Gasteiger charge is -2.30. The number of H-pyrrole nitrogens is 1. The van der Waals surface area contributed by atoms with Crippen molar-refractivity contribution in [2.75, 3.05) is 13.7 Å². The maximum Gasteiger partial charge on any atom is 0.337 e. The molecule has 27 heavy (non-hydrogen) atoms.